The molecule has 0 fully saturated rings. The SMILES string of the molecule is NCc1ccc(S(=O)(=O)NCCCn2ccnc2)s1. The molecular weight excluding hydrogens is 284 g/mol. The van der Waals surface area contributed by atoms with Crippen LogP contribution in [0.2, 0.25) is 0 Å². The largest absolute Gasteiger partial charge is 0.337 e. The fourth-order valence-electron chi connectivity index (χ4n) is 1.57. The summed E-state index contributed by atoms with van der Waals surface area (Å²) in [6.07, 6.45) is 5.97. The first-order valence-electron chi connectivity index (χ1n) is 5.86. The Morgan fingerprint density at radius 3 is 2.89 bits per heavy atom. The Bertz CT molecular complexity index is 604. The maximum absolute atomic E-state index is 12.0. The molecule has 2 rings (SSSR count). The van der Waals surface area contributed by atoms with Gasteiger partial charge in [-0.3, -0.25) is 0 Å². The van der Waals surface area contributed by atoms with Crippen molar-refractivity contribution in [2.24, 2.45) is 5.73 Å². The van der Waals surface area contributed by atoms with Crippen molar-refractivity contribution in [3.63, 3.8) is 0 Å². The number of nitrogens with two attached hydrogens (primary N) is 1. The summed E-state index contributed by atoms with van der Waals surface area (Å²) in [5.41, 5.74) is 5.47. The van der Waals surface area contributed by atoms with Crippen molar-refractivity contribution in [3.8, 4) is 0 Å². The quantitative estimate of drug-likeness (QED) is 0.739. The van der Waals surface area contributed by atoms with Crippen LogP contribution in [0.15, 0.2) is 35.1 Å². The molecule has 2 heterocycles. The summed E-state index contributed by atoms with van der Waals surface area (Å²) in [4.78, 5) is 4.78. The van der Waals surface area contributed by atoms with E-state index in [2.05, 4.69) is 9.71 Å². The first-order valence-corrected chi connectivity index (χ1v) is 8.16. The lowest BCUT2D eigenvalue weighted by Gasteiger charge is -2.05. The van der Waals surface area contributed by atoms with Gasteiger partial charge in [0.25, 0.3) is 0 Å². The lowest BCUT2D eigenvalue weighted by molar-refractivity contribution is 0.571. The number of sulfonamides is 1. The number of nitrogens with one attached hydrogen (secondary N) is 1. The van der Waals surface area contributed by atoms with Gasteiger partial charge >= 0.3 is 0 Å². The van der Waals surface area contributed by atoms with Crippen molar-refractivity contribution >= 4 is 21.4 Å². The second-order valence-electron chi connectivity index (χ2n) is 3.98. The third-order valence-corrected chi connectivity index (χ3v) is 5.61. The maximum atomic E-state index is 12.0. The van der Waals surface area contributed by atoms with Crippen molar-refractivity contribution in [1.82, 2.24) is 14.3 Å². The Labute approximate surface area is 116 Å². The van der Waals surface area contributed by atoms with E-state index in [1.165, 1.54) is 11.3 Å². The molecular formula is C11H16N4O2S2. The van der Waals surface area contributed by atoms with E-state index in [0.717, 1.165) is 11.4 Å². The monoisotopic (exact) mass is 300 g/mol. The van der Waals surface area contributed by atoms with Crippen molar-refractivity contribution in [3.05, 3.63) is 35.7 Å². The average Bonchev–Trinajstić information content (AvgIpc) is 3.05. The highest BCUT2D eigenvalue weighted by atomic mass is 32.2. The summed E-state index contributed by atoms with van der Waals surface area (Å²) < 4.78 is 28.7. The minimum atomic E-state index is -3.40. The first kappa shape index (κ1) is 14.2. The van der Waals surface area contributed by atoms with Crippen molar-refractivity contribution in [2.45, 2.75) is 23.7 Å². The van der Waals surface area contributed by atoms with Crippen LogP contribution < -0.4 is 10.5 Å². The molecule has 0 radical (unpaired) electrons. The van der Waals surface area contributed by atoms with Gasteiger partial charge in [0.1, 0.15) is 4.21 Å². The summed E-state index contributed by atoms with van der Waals surface area (Å²) >= 11 is 1.20. The van der Waals surface area contributed by atoms with Crippen LogP contribution in [-0.2, 0) is 23.1 Å². The normalized spacial score (nSPS) is 11.8. The molecule has 2 aromatic rings. The van der Waals surface area contributed by atoms with Gasteiger partial charge in [-0.15, -0.1) is 11.3 Å². The van der Waals surface area contributed by atoms with Gasteiger partial charge in [-0.05, 0) is 18.6 Å². The number of rotatable bonds is 7. The molecule has 0 aromatic carbocycles. The zero-order valence-corrected chi connectivity index (χ0v) is 12.0. The number of thiophene rings is 1. The zero-order valence-electron chi connectivity index (χ0n) is 10.3. The standard InChI is InChI=1S/C11H16N4O2S2/c12-8-10-2-3-11(18-10)19(16,17)14-4-1-6-15-7-5-13-9-15/h2-3,5,7,9,14H,1,4,6,8,12H2. The fraction of sp³-hybridized carbons (Fsp3) is 0.364. The minimum absolute atomic E-state index is 0.315. The van der Waals surface area contributed by atoms with Crippen LogP contribution in [-0.4, -0.2) is 24.5 Å². The minimum Gasteiger partial charge on any atom is -0.337 e. The second-order valence-corrected chi connectivity index (χ2v) is 7.14. The number of hydrogen-bond donors (Lipinski definition) is 2. The molecule has 0 unspecified atom stereocenters. The van der Waals surface area contributed by atoms with Crippen molar-refractivity contribution in [2.75, 3.05) is 6.54 Å². The highest BCUT2D eigenvalue weighted by Crippen LogP contribution is 2.20. The maximum Gasteiger partial charge on any atom is 0.250 e. The molecule has 6 nitrogen and oxygen atoms in total. The van der Waals surface area contributed by atoms with E-state index in [4.69, 9.17) is 5.73 Å². The van der Waals surface area contributed by atoms with E-state index in [-0.39, 0.29) is 0 Å². The Hall–Kier alpha value is -1.22. The van der Waals surface area contributed by atoms with Crippen LogP contribution >= 0.6 is 11.3 Å². The summed E-state index contributed by atoms with van der Waals surface area (Å²) in [5.74, 6) is 0. The number of aromatic nitrogens is 2. The zero-order chi connectivity index (χ0) is 13.7. The summed E-state index contributed by atoms with van der Waals surface area (Å²) in [6, 6.07) is 3.33. The third kappa shape index (κ3) is 3.87. The fourth-order valence-corrected chi connectivity index (χ4v) is 3.92. The molecule has 104 valence electrons. The molecule has 0 spiro atoms. The highest BCUT2D eigenvalue weighted by Gasteiger charge is 2.15. The Morgan fingerprint density at radius 2 is 2.26 bits per heavy atom. The summed E-state index contributed by atoms with van der Waals surface area (Å²) in [5, 5.41) is 0. The Balaban J connectivity index is 1.84. The van der Waals surface area contributed by atoms with Crippen LogP contribution in [0.25, 0.3) is 0 Å². The Morgan fingerprint density at radius 1 is 1.42 bits per heavy atom. The Kier molecular flexibility index (Phi) is 4.70. The van der Waals surface area contributed by atoms with Crippen LogP contribution in [0.4, 0.5) is 0 Å². The molecule has 0 saturated carbocycles. The number of hydrogen-bond acceptors (Lipinski definition) is 5. The summed E-state index contributed by atoms with van der Waals surface area (Å²) in [7, 11) is -3.40. The molecule has 0 atom stereocenters. The van der Waals surface area contributed by atoms with Crippen LogP contribution in [0.5, 0.6) is 0 Å². The molecule has 0 aliphatic rings. The van der Waals surface area contributed by atoms with E-state index < -0.39 is 10.0 Å². The number of nitrogens with zero attached hydrogens (tertiary/aromatic N) is 2. The predicted octanol–water partition coefficient (Wildman–Crippen LogP) is 0.772. The predicted molar refractivity (Wildman–Crippen MR) is 74.2 cm³/mol. The van der Waals surface area contributed by atoms with Crippen LogP contribution in [0.1, 0.15) is 11.3 Å². The molecule has 0 bridgehead atoms. The van der Waals surface area contributed by atoms with E-state index in [1.807, 2.05) is 10.8 Å². The van der Waals surface area contributed by atoms with E-state index in [0.29, 0.717) is 23.7 Å². The van der Waals surface area contributed by atoms with E-state index in [9.17, 15) is 8.42 Å². The van der Waals surface area contributed by atoms with Gasteiger partial charge in [0.05, 0.1) is 6.33 Å². The van der Waals surface area contributed by atoms with Gasteiger partial charge in [0.15, 0.2) is 0 Å². The average molecular weight is 300 g/mol. The molecule has 8 heteroatoms. The molecule has 0 aliphatic carbocycles. The van der Waals surface area contributed by atoms with Crippen molar-refractivity contribution in [1.29, 1.82) is 0 Å². The van der Waals surface area contributed by atoms with E-state index >= 15 is 0 Å². The van der Waals surface area contributed by atoms with Gasteiger partial charge < -0.3 is 10.3 Å². The topological polar surface area (TPSA) is 90.0 Å². The molecule has 0 aliphatic heterocycles. The first-order chi connectivity index (χ1) is 9.12. The van der Waals surface area contributed by atoms with Gasteiger partial charge in [0, 0.05) is 36.9 Å². The molecule has 0 saturated heterocycles. The highest BCUT2D eigenvalue weighted by molar-refractivity contribution is 7.91. The van der Waals surface area contributed by atoms with Gasteiger partial charge in [-0.2, -0.15) is 0 Å². The van der Waals surface area contributed by atoms with Crippen LogP contribution in [0, 0.1) is 0 Å². The smallest absolute Gasteiger partial charge is 0.250 e. The lowest BCUT2D eigenvalue weighted by atomic mass is 10.4. The van der Waals surface area contributed by atoms with Crippen molar-refractivity contribution < 1.29 is 8.42 Å². The molecule has 19 heavy (non-hydrogen) atoms. The molecule has 2 aromatic heterocycles. The third-order valence-electron chi connectivity index (χ3n) is 2.55. The lowest BCUT2D eigenvalue weighted by Crippen LogP contribution is -2.24. The number of imidazole rings is 1. The van der Waals surface area contributed by atoms with Crippen LogP contribution in [0.3, 0.4) is 0 Å². The molecule has 3 N–H and O–H groups in total. The number of aryl methyl sites for hydroxylation is 1. The van der Waals surface area contributed by atoms with Gasteiger partial charge in [0.2, 0.25) is 10.0 Å². The van der Waals surface area contributed by atoms with Gasteiger partial charge in [-0.1, -0.05) is 0 Å². The summed E-state index contributed by atoms with van der Waals surface area (Å²) in [6.45, 7) is 1.50. The molecule has 0 amide bonds. The van der Waals surface area contributed by atoms with Gasteiger partial charge in [-0.25, -0.2) is 18.1 Å². The second kappa shape index (κ2) is 6.29. The van der Waals surface area contributed by atoms with E-state index in [1.54, 1.807) is 24.7 Å².